The molecule has 0 spiro atoms. The molecule has 1 N–H and O–H groups in total. The van der Waals surface area contributed by atoms with Crippen LogP contribution in [0.25, 0.3) is 0 Å². The van der Waals surface area contributed by atoms with E-state index in [-0.39, 0.29) is 23.3 Å². The van der Waals surface area contributed by atoms with Crippen molar-refractivity contribution in [3.05, 3.63) is 57.8 Å². The molecule has 1 heterocycles. The number of carbonyl (C=O) groups is 1. The molecule has 0 bridgehead atoms. The molecule has 0 unspecified atom stereocenters. The molecule has 20 heavy (non-hydrogen) atoms. The second kappa shape index (κ2) is 6.59. The van der Waals surface area contributed by atoms with Gasteiger partial charge in [0.2, 0.25) is 0 Å². The van der Waals surface area contributed by atoms with Crippen LogP contribution in [0.15, 0.2) is 36.4 Å². The standard InChI is InChI=1S/C14H12Cl2N2O2/c1-20-12-6-2-4-10(15)9(12)8-17-14(19)11-5-3-7-13(16)18-11/h2-7H,8H2,1H3,(H,17,19). The van der Waals surface area contributed by atoms with Crippen LogP contribution < -0.4 is 10.1 Å². The van der Waals surface area contributed by atoms with Crippen molar-refractivity contribution in [3.63, 3.8) is 0 Å². The number of carbonyl (C=O) groups excluding carboxylic acids is 1. The fraction of sp³-hybridized carbons (Fsp3) is 0.143. The molecule has 104 valence electrons. The Hall–Kier alpha value is -1.78. The van der Waals surface area contributed by atoms with E-state index in [1.54, 1.807) is 43.5 Å². The molecule has 1 aromatic heterocycles. The lowest BCUT2D eigenvalue weighted by Crippen LogP contribution is -2.24. The van der Waals surface area contributed by atoms with Gasteiger partial charge in [-0.05, 0) is 24.3 Å². The van der Waals surface area contributed by atoms with E-state index in [4.69, 9.17) is 27.9 Å². The molecule has 4 nitrogen and oxygen atoms in total. The van der Waals surface area contributed by atoms with Gasteiger partial charge in [-0.3, -0.25) is 4.79 Å². The Morgan fingerprint density at radius 2 is 2.00 bits per heavy atom. The van der Waals surface area contributed by atoms with Gasteiger partial charge >= 0.3 is 0 Å². The molecule has 6 heteroatoms. The average Bonchev–Trinajstić information content (AvgIpc) is 2.45. The number of rotatable bonds is 4. The maximum Gasteiger partial charge on any atom is 0.270 e. The molecule has 0 aliphatic carbocycles. The number of ether oxygens (including phenoxy) is 1. The first-order valence-electron chi connectivity index (χ1n) is 5.84. The third kappa shape index (κ3) is 3.40. The number of nitrogens with zero attached hydrogens (tertiary/aromatic N) is 1. The Morgan fingerprint density at radius 3 is 2.70 bits per heavy atom. The van der Waals surface area contributed by atoms with Crippen molar-refractivity contribution in [1.82, 2.24) is 10.3 Å². The van der Waals surface area contributed by atoms with Crippen LogP contribution in [0.1, 0.15) is 16.1 Å². The molecule has 1 aromatic carbocycles. The van der Waals surface area contributed by atoms with Gasteiger partial charge in [-0.1, -0.05) is 35.3 Å². The first kappa shape index (κ1) is 14.6. The predicted octanol–water partition coefficient (Wildman–Crippen LogP) is 3.33. The van der Waals surface area contributed by atoms with Gasteiger partial charge in [0, 0.05) is 17.1 Å². The lowest BCUT2D eigenvalue weighted by atomic mass is 10.2. The topological polar surface area (TPSA) is 51.2 Å². The third-order valence-electron chi connectivity index (χ3n) is 2.67. The van der Waals surface area contributed by atoms with E-state index in [9.17, 15) is 4.79 Å². The second-order valence-electron chi connectivity index (χ2n) is 3.95. The molecular weight excluding hydrogens is 299 g/mol. The summed E-state index contributed by atoms with van der Waals surface area (Å²) in [7, 11) is 1.55. The highest BCUT2D eigenvalue weighted by Gasteiger charge is 2.11. The predicted molar refractivity (Wildman–Crippen MR) is 78.4 cm³/mol. The van der Waals surface area contributed by atoms with Gasteiger partial charge in [-0.15, -0.1) is 0 Å². The van der Waals surface area contributed by atoms with Crippen molar-refractivity contribution in [2.45, 2.75) is 6.54 Å². The highest BCUT2D eigenvalue weighted by molar-refractivity contribution is 6.31. The summed E-state index contributed by atoms with van der Waals surface area (Å²) in [5, 5.41) is 3.54. The van der Waals surface area contributed by atoms with Gasteiger partial charge in [0.15, 0.2) is 0 Å². The zero-order valence-corrected chi connectivity index (χ0v) is 12.2. The number of nitrogens with one attached hydrogen (secondary N) is 1. The fourth-order valence-electron chi connectivity index (χ4n) is 1.70. The summed E-state index contributed by atoms with van der Waals surface area (Å²) < 4.78 is 5.21. The SMILES string of the molecule is COc1cccc(Cl)c1CNC(=O)c1cccc(Cl)n1. The van der Waals surface area contributed by atoms with Gasteiger partial charge in [0.1, 0.15) is 16.6 Å². The van der Waals surface area contributed by atoms with Crippen molar-refractivity contribution in [1.29, 1.82) is 0 Å². The quantitative estimate of drug-likeness (QED) is 0.881. The number of hydrogen-bond acceptors (Lipinski definition) is 3. The molecule has 0 saturated carbocycles. The minimum Gasteiger partial charge on any atom is -0.496 e. The summed E-state index contributed by atoms with van der Waals surface area (Å²) in [6.07, 6.45) is 0. The van der Waals surface area contributed by atoms with Gasteiger partial charge in [-0.25, -0.2) is 4.98 Å². The smallest absolute Gasteiger partial charge is 0.270 e. The molecule has 0 aliphatic heterocycles. The van der Waals surface area contributed by atoms with Crippen LogP contribution in [-0.4, -0.2) is 18.0 Å². The van der Waals surface area contributed by atoms with E-state index in [0.29, 0.717) is 16.3 Å². The first-order chi connectivity index (χ1) is 9.61. The van der Waals surface area contributed by atoms with E-state index < -0.39 is 0 Å². The number of halogens is 2. The summed E-state index contributed by atoms with van der Waals surface area (Å²) in [5.74, 6) is 0.298. The van der Waals surface area contributed by atoms with Crippen LogP contribution in [0.5, 0.6) is 5.75 Å². The van der Waals surface area contributed by atoms with Crippen LogP contribution in [0.3, 0.4) is 0 Å². The summed E-state index contributed by atoms with van der Waals surface area (Å²) in [4.78, 5) is 15.9. The van der Waals surface area contributed by atoms with E-state index in [2.05, 4.69) is 10.3 Å². The number of amides is 1. The van der Waals surface area contributed by atoms with E-state index in [1.807, 2.05) is 0 Å². The van der Waals surface area contributed by atoms with Gasteiger partial charge in [-0.2, -0.15) is 0 Å². The first-order valence-corrected chi connectivity index (χ1v) is 6.59. The minimum absolute atomic E-state index is 0.246. The second-order valence-corrected chi connectivity index (χ2v) is 4.74. The van der Waals surface area contributed by atoms with Crippen LogP contribution in [0.4, 0.5) is 0 Å². The van der Waals surface area contributed by atoms with Crippen molar-refractivity contribution in [2.75, 3.05) is 7.11 Å². The van der Waals surface area contributed by atoms with Crippen molar-refractivity contribution >= 4 is 29.1 Å². The van der Waals surface area contributed by atoms with Crippen LogP contribution in [0, 0.1) is 0 Å². The minimum atomic E-state index is -0.325. The molecule has 0 saturated heterocycles. The van der Waals surface area contributed by atoms with E-state index in [0.717, 1.165) is 0 Å². The van der Waals surface area contributed by atoms with Gasteiger partial charge in [0.25, 0.3) is 5.91 Å². The highest BCUT2D eigenvalue weighted by atomic mass is 35.5. The van der Waals surface area contributed by atoms with E-state index in [1.165, 1.54) is 0 Å². The molecule has 1 amide bonds. The summed E-state index contributed by atoms with van der Waals surface area (Å²) in [6, 6.07) is 10.2. The number of hydrogen-bond donors (Lipinski definition) is 1. The van der Waals surface area contributed by atoms with Gasteiger partial charge < -0.3 is 10.1 Å². The van der Waals surface area contributed by atoms with Crippen molar-refractivity contribution in [3.8, 4) is 5.75 Å². The molecule has 0 radical (unpaired) electrons. The number of pyridine rings is 1. The fourth-order valence-corrected chi connectivity index (χ4v) is 2.09. The number of methoxy groups -OCH3 is 1. The van der Waals surface area contributed by atoms with Gasteiger partial charge in [0.05, 0.1) is 7.11 Å². The largest absolute Gasteiger partial charge is 0.496 e. The molecule has 2 rings (SSSR count). The van der Waals surface area contributed by atoms with Crippen LogP contribution in [-0.2, 0) is 6.54 Å². The third-order valence-corrected chi connectivity index (χ3v) is 3.23. The van der Waals surface area contributed by atoms with Crippen LogP contribution >= 0.6 is 23.2 Å². The Bertz CT molecular complexity index is 632. The molecule has 0 fully saturated rings. The monoisotopic (exact) mass is 310 g/mol. The Balaban J connectivity index is 2.11. The summed E-state index contributed by atoms with van der Waals surface area (Å²) in [5.41, 5.74) is 0.968. The molecular formula is C14H12Cl2N2O2. The molecule has 0 aliphatic rings. The highest BCUT2D eigenvalue weighted by Crippen LogP contribution is 2.25. The van der Waals surface area contributed by atoms with E-state index >= 15 is 0 Å². The number of aromatic nitrogens is 1. The normalized spacial score (nSPS) is 10.2. The maximum absolute atomic E-state index is 12.0. The lowest BCUT2D eigenvalue weighted by Gasteiger charge is -2.11. The maximum atomic E-state index is 12.0. The molecule has 0 atom stereocenters. The molecule has 2 aromatic rings. The summed E-state index contributed by atoms with van der Waals surface area (Å²) >= 11 is 11.8. The van der Waals surface area contributed by atoms with Crippen molar-refractivity contribution < 1.29 is 9.53 Å². The Labute approximate surface area is 126 Å². The zero-order chi connectivity index (χ0) is 14.5. The Kier molecular flexibility index (Phi) is 4.82. The zero-order valence-electron chi connectivity index (χ0n) is 10.7. The Morgan fingerprint density at radius 1 is 1.25 bits per heavy atom. The van der Waals surface area contributed by atoms with Crippen LogP contribution in [0.2, 0.25) is 10.2 Å². The van der Waals surface area contributed by atoms with Crippen molar-refractivity contribution in [2.24, 2.45) is 0 Å². The summed E-state index contributed by atoms with van der Waals surface area (Å²) in [6.45, 7) is 0.246. The lowest BCUT2D eigenvalue weighted by molar-refractivity contribution is 0.0945. The number of benzene rings is 1. The average molecular weight is 311 g/mol.